The lowest BCUT2D eigenvalue weighted by Crippen LogP contribution is -2.19. The van der Waals surface area contributed by atoms with Gasteiger partial charge in [-0.05, 0) is 18.2 Å². The Balaban J connectivity index is 2.78. The van der Waals surface area contributed by atoms with Crippen LogP contribution in [0.5, 0.6) is 0 Å². The largest absolute Gasteiger partial charge is 0.449 e. The fourth-order valence-electron chi connectivity index (χ4n) is 1.41. The summed E-state index contributed by atoms with van der Waals surface area (Å²) in [6.07, 6.45) is -4.82. The fourth-order valence-corrected chi connectivity index (χ4v) is 1.92. The van der Waals surface area contributed by atoms with E-state index in [2.05, 4.69) is 4.98 Å². The summed E-state index contributed by atoms with van der Waals surface area (Å²) in [5.74, 6) is -1.48. The van der Waals surface area contributed by atoms with Crippen molar-refractivity contribution < 1.29 is 26.1 Å². The first-order chi connectivity index (χ1) is 8.59. The van der Waals surface area contributed by atoms with Crippen LogP contribution >= 0.6 is 0 Å². The number of benzene rings is 1. The third-order valence-corrected chi connectivity index (χ3v) is 3.09. The molecule has 19 heavy (non-hydrogen) atoms. The average Bonchev–Trinajstić information content (AvgIpc) is 2.26. The van der Waals surface area contributed by atoms with Crippen LogP contribution in [-0.4, -0.2) is 22.9 Å². The number of alkyl halides is 3. The van der Waals surface area contributed by atoms with Crippen molar-refractivity contribution in [1.29, 1.82) is 0 Å². The van der Waals surface area contributed by atoms with E-state index in [4.69, 9.17) is 4.55 Å². The van der Waals surface area contributed by atoms with Crippen LogP contribution in [-0.2, 0) is 16.3 Å². The van der Waals surface area contributed by atoms with Crippen molar-refractivity contribution in [1.82, 2.24) is 9.97 Å². The zero-order chi connectivity index (χ0) is 14.4. The van der Waals surface area contributed by atoms with E-state index in [1.165, 1.54) is 4.98 Å². The molecule has 2 aromatic rings. The maximum absolute atomic E-state index is 12.4. The molecule has 2 rings (SSSR count). The van der Waals surface area contributed by atoms with Crippen molar-refractivity contribution >= 4 is 21.0 Å². The van der Waals surface area contributed by atoms with Gasteiger partial charge in [-0.1, -0.05) is 0 Å². The van der Waals surface area contributed by atoms with E-state index in [0.29, 0.717) is 0 Å². The molecule has 0 aliphatic carbocycles. The van der Waals surface area contributed by atoms with Gasteiger partial charge in [0, 0.05) is 0 Å². The van der Waals surface area contributed by atoms with Crippen LogP contribution in [0.1, 0.15) is 5.82 Å². The number of aromatic amines is 1. The van der Waals surface area contributed by atoms with Gasteiger partial charge in [-0.3, -0.25) is 9.35 Å². The molecule has 0 atom stereocenters. The summed E-state index contributed by atoms with van der Waals surface area (Å²) in [6.45, 7) is 0. The lowest BCUT2D eigenvalue weighted by Gasteiger charge is -2.06. The van der Waals surface area contributed by atoms with Crippen LogP contribution in [0.2, 0.25) is 0 Å². The van der Waals surface area contributed by atoms with E-state index in [0.717, 1.165) is 18.2 Å². The maximum Gasteiger partial charge on any atom is 0.449 e. The number of hydrogen-bond acceptors (Lipinski definition) is 4. The van der Waals surface area contributed by atoms with E-state index < -0.39 is 32.6 Å². The summed E-state index contributed by atoms with van der Waals surface area (Å²) in [6, 6.07) is 2.50. The van der Waals surface area contributed by atoms with E-state index >= 15 is 0 Å². The second-order valence-corrected chi connectivity index (χ2v) is 4.99. The maximum atomic E-state index is 12.4. The van der Waals surface area contributed by atoms with Crippen molar-refractivity contribution in [3.05, 3.63) is 34.4 Å². The Morgan fingerprint density at radius 2 is 1.89 bits per heavy atom. The van der Waals surface area contributed by atoms with E-state index in [9.17, 15) is 26.4 Å². The molecule has 0 saturated carbocycles. The number of aromatic nitrogens is 2. The van der Waals surface area contributed by atoms with Crippen LogP contribution in [0, 0.1) is 0 Å². The Morgan fingerprint density at radius 1 is 1.26 bits per heavy atom. The molecule has 1 heterocycles. The zero-order valence-corrected chi connectivity index (χ0v) is 9.71. The Bertz CT molecular complexity index is 810. The third-order valence-electron chi connectivity index (χ3n) is 2.24. The molecule has 6 nitrogen and oxygen atoms in total. The molecule has 2 N–H and O–H groups in total. The summed E-state index contributed by atoms with van der Waals surface area (Å²) in [7, 11) is -4.55. The molecule has 0 fully saturated rings. The molecule has 0 saturated heterocycles. The molecule has 1 aromatic heterocycles. The van der Waals surface area contributed by atoms with Gasteiger partial charge in [0.2, 0.25) is 5.82 Å². The minimum atomic E-state index is -4.82. The predicted octanol–water partition coefficient (Wildman–Crippen LogP) is 1.19. The molecule has 0 unspecified atom stereocenters. The topological polar surface area (TPSA) is 100 Å². The molecule has 0 aliphatic heterocycles. The lowest BCUT2D eigenvalue weighted by atomic mass is 10.2. The summed E-state index contributed by atoms with van der Waals surface area (Å²) in [5.41, 5.74) is -1.48. The van der Waals surface area contributed by atoms with Crippen molar-refractivity contribution in [3.63, 3.8) is 0 Å². The number of nitrogens with one attached hydrogen (secondary N) is 1. The first kappa shape index (κ1) is 13.5. The number of H-pyrrole nitrogens is 1. The minimum Gasteiger partial charge on any atom is -0.302 e. The van der Waals surface area contributed by atoms with Crippen molar-refractivity contribution in [2.75, 3.05) is 0 Å². The van der Waals surface area contributed by atoms with Crippen molar-refractivity contribution in [3.8, 4) is 0 Å². The number of halogens is 3. The number of fused-ring (bicyclic) bond motifs is 1. The summed E-state index contributed by atoms with van der Waals surface area (Å²) < 4.78 is 67.7. The fraction of sp³-hybridized carbons (Fsp3) is 0.111. The van der Waals surface area contributed by atoms with Gasteiger partial charge < -0.3 is 4.98 Å². The van der Waals surface area contributed by atoms with E-state index in [1.54, 1.807) is 0 Å². The predicted molar refractivity (Wildman–Crippen MR) is 57.2 cm³/mol. The number of hydrogen-bond donors (Lipinski definition) is 2. The van der Waals surface area contributed by atoms with Crippen LogP contribution in [0.3, 0.4) is 0 Å². The molecular weight excluding hydrogens is 289 g/mol. The minimum absolute atomic E-state index is 0.330. The monoisotopic (exact) mass is 294 g/mol. The Hall–Kier alpha value is -1.94. The standard InChI is InChI=1S/C9H5F3N2O4S/c10-9(11,12)8-13-6-2-1-4(19(16,17)18)3-5(6)7(15)14-8/h1-3H,(H,13,14,15)(H,16,17,18). The summed E-state index contributed by atoms with van der Waals surface area (Å²) in [5, 5.41) is -0.372. The first-order valence-electron chi connectivity index (χ1n) is 4.68. The van der Waals surface area contributed by atoms with E-state index in [-0.39, 0.29) is 10.9 Å². The SMILES string of the molecule is O=c1[nH]c(C(F)(F)F)nc2ccc(S(=O)(=O)O)cc12. The van der Waals surface area contributed by atoms with Crippen molar-refractivity contribution in [2.45, 2.75) is 11.1 Å². The van der Waals surface area contributed by atoms with Crippen molar-refractivity contribution in [2.24, 2.45) is 0 Å². The Morgan fingerprint density at radius 3 is 2.42 bits per heavy atom. The highest BCUT2D eigenvalue weighted by Crippen LogP contribution is 2.26. The van der Waals surface area contributed by atoms with Gasteiger partial charge >= 0.3 is 6.18 Å². The molecule has 0 radical (unpaired) electrons. The van der Waals surface area contributed by atoms with Gasteiger partial charge in [-0.15, -0.1) is 0 Å². The first-order valence-corrected chi connectivity index (χ1v) is 6.12. The van der Waals surface area contributed by atoms with Gasteiger partial charge in [0.25, 0.3) is 15.7 Å². The van der Waals surface area contributed by atoms with Gasteiger partial charge in [-0.25, -0.2) is 4.98 Å². The third kappa shape index (κ3) is 2.58. The molecule has 10 heteroatoms. The van der Waals surface area contributed by atoms with Crippen LogP contribution in [0.25, 0.3) is 10.9 Å². The highest BCUT2D eigenvalue weighted by atomic mass is 32.2. The lowest BCUT2D eigenvalue weighted by molar-refractivity contribution is -0.144. The zero-order valence-electron chi connectivity index (χ0n) is 8.89. The van der Waals surface area contributed by atoms with Gasteiger partial charge in [-0.2, -0.15) is 21.6 Å². The quantitative estimate of drug-likeness (QED) is 0.769. The van der Waals surface area contributed by atoms with Gasteiger partial charge in [0.05, 0.1) is 15.8 Å². The molecular formula is C9H5F3N2O4S. The van der Waals surface area contributed by atoms with Gasteiger partial charge in [0.15, 0.2) is 0 Å². The summed E-state index contributed by atoms with van der Waals surface area (Å²) in [4.78, 5) is 15.5. The smallest absolute Gasteiger partial charge is 0.302 e. The Labute approximate surface area is 103 Å². The number of rotatable bonds is 1. The van der Waals surface area contributed by atoms with Crippen LogP contribution in [0.15, 0.2) is 27.9 Å². The highest BCUT2D eigenvalue weighted by Gasteiger charge is 2.34. The van der Waals surface area contributed by atoms with Gasteiger partial charge in [0.1, 0.15) is 0 Å². The summed E-state index contributed by atoms with van der Waals surface area (Å²) >= 11 is 0. The van der Waals surface area contributed by atoms with E-state index in [1.807, 2.05) is 0 Å². The second kappa shape index (κ2) is 4.03. The highest BCUT2D eigenvalue weighted by molar-refractivity contribution is 7.85. The molecule has 0 amide bonds. The molecule has 0 bridgehead atoms. The normalized spacial score (nSPS) is 12.8. The molecule has 0 aliphatic rings. The molecule has 1 aromatic carbocycles. The van der Waals surface area contributed by atoms with Crippen LogP contribution in [0.4, 0.5) is 13.2 Å². The Kier molecular flexibility index (Phi) is 2.86. The van der Waals surface area contributed by atoms with Crippen LogP contribution < -0.4 is 5.56 Å². The number of nitrogens with zero attached hydrogens (tertiary/aromatic N) is 1. The molecule has 0 spiro atoms. The average molecular weight is 294 g/mol. The second-order valence-electron chi connectivity index (χ2n) is 3.57. The molecule has 102 valence electrons.